The van der Waals surface area contributed by atoms with E-state index in [-0.39, 0.29) is 17.0 Å². The topological polar surface area (TPSA) is 135 Å². The van der Waals surface area contributed by atoms with Crippen molar-refractivity contribution in [2.75, 3.05) is 5.32 Å². The van der Waals surface area contributed by atoms with Crippen LogP contribution in [0.1, 0.15) is 20.8 Å². The van der Waals surface area contributed by atoms with Crippen molar-refractivity contribution >= 4 is 23.2 Å². The van der Waals surface area contributed by atoms with Gasteiger partial charge in [0, 0.05) is 30.6 Å². The molecule has 28 heavy (non-hydrogen) atoms. The van der Waals surface area contributed by atoms with Crippen LogP contribution < -0.4 is 5.32 Å². The molecule has 0 saturated heterocycles. The van der Waals surface area contributed by atoms with Crippen LogP contribution in [0.5, 0.6) is 5.75 Å². The van der Waals surface area contributed by atoms with Crippen molar-refractivity contribution in [3.8, 4) is 17.1 Å². The van der Waals surface area contributed by atoms with E-state index in [0.29, 0.717) is 22.7 Å². The van der Waals surface area contributed by atoms with Gasteiger partial charge in [0.25, 0.3) is 5.91 Å². The molecule has 1 aromatic carbocycles. The average molecular weight is 378 g/mol. The van der Waals surface area contributed by atoms with Gasteiger partial charge in [-0.15, -0.1) is 5.10 Å². The number of carbonyl (C=O) groups excluding carboxylic acids is 1. The Morgan fingerprint density at radius 1 is 1.18 bits per heavy atom. The third-order valence-electron chi connectivity index (χ3n) is 4.08. The van der Waals surface area contributed by atoms with Crippen LogP contribution in [0.3, 0.4) is 0 Å². The van der Waals surface area contributed by atoms with Crippen molar-refractivity contribution in [2.45, 2.75) is 0 Å². The monoisotopic (exact) mass is 378 g/mol. The molecule has 0 aliphatic carbocycles. The number of anilines is 1. The number of hydrogen-bond donors (Lipinski definition) is 3. The molecule has 0 aliphatic rings. The Bertz CT molecular complexity index is 1230. The van der Waals surface area contributed by atoms with Gasteiger partial charge in [-0.1, -0.05) is 12.1 Å². The maximum Gasteiger partial charge on any atom is 0.339 e. The minimum Gasteiger partial charge on any atom is -0.508 e. The Hall–Kier alpha value is -4.21. The zero-order valence-electron chi connectivity index (χ0n) is 14.6. The lowest BCUT2D eigenvalue weighted by Crippen LogP contribution is -2.19. The van der Waals surface area contributed by atoms with E-state index in [2.05, 4.69) is 20.5 Å². The number of aromatic hydroxyl groups is 1. The number of hydrogen-bond acceptors (Lipinski definition) is 6. The molecule has 0 saturated carbocycles. The van der Waals surface area contributed by atoms with Crippen LogP contribution in [0.15, 0.2) is 48.8 Å². The second-order valence-corrected chi connectivity index (χ2v) is 5.99. The van der Waals surface area contributed by atoms with E-state index >= 15 is 0 Å². The fourth-order valence-electron chi connectivity index (χ4n) is 2.78. The number of aromatic carboxylic acids is 1. The van der Waals surface area contributed by atoms with Gasteiger partial charge in [-0.2, -0.15) is 5.10 Å². The largest absolute Gasteiger partial charge is 0.508 e. The zero-order valence-corrected chi connectivity index (χ0v) is 14.6. The SMILES string of the molecule is Cn1ncc(C(=O)O)c1C(=O)Nc1ccn2nc(-c3cccc(O)c3)nc2c1. The molecule has 0 atom stereocenters. The summed E-state index contributed by atoms with van der Waals surface area (Å²) in [7, 11) is 1.49. The number of amides is 1. The molecule has 0 spiro atoms. The first-order chi connectivity index (χ1) is 13.4. The third-order valence-corrected chi connectivity index (χ3v) is 4.08. The molecule has 0 fully saturated rings. The maximum absolute atomic E-state index is 12.5. The van der Waals surface area contributed by atoms with Crippen LogP contribution in [0, 0.1) is 0 Å². The third kappa shape index (κ3) is 3.03. The normalized spacial score (nSPS) is 10.9. The van der Waals surface area contributed by atoms with Crippen molar-refractivity contribution in [1.29, 1.82) is 0 Å². The summed E-state index contributed by atoms with van der Waals surface area (Å²) in [6.45, 7) is 0. The van der Waals surface area contributed by atoms with Crippen LogP contribution in [0.25, 0.3) is 17.0 Å². The van der Waals surface area contributed by atoms with Gasteiger partial charge in [-0.25, -0.2) is 14.3 Å². The molecule has 4 rings (SSSR count). The number of pyridine rings is 1. The summed E-state index contributed by atoms with van der Waals surface area (Å²) in [5.41, 5.74) is 1.30. The van der Waals surface area contributed by atoms with Crippen LogP contribution in [-0.4, -0.2) is 46.5 Å². The number of aryl methyl sites for hydroxylation is 1. The number of phenolic OH excluding ortho intramolecular Hbond substituents is 1. The van der Waals surface area contributed by atoms with Gasteiger partial charge in [0.2, 0.25) is 0 Å². The van der Waals surface area contributed by atoms with Crippen LogP contribution in [-0.2, 0) is 7.05 Å². The van der Waals surface area contributed by atoms with E-state index in [4.69, 9.17) is 0 Å². The molecule has 3 N–H and O–H groups in total. The number of nitrogens with one attached hydrogen (secondary N) is 1. The summed E-state index contributed by atoms with van der Waals surface area (Å²) in [6.07, 6.45) is 2.74. The Morgan fingerprint density at radius 3 is 2.75 bits per heavy atom. The quantitative estimate of drug-likeness (QED) is 0.493. The molecule has 0 unspecified atom stereocenters. The molecule has 3 heterocycles. The zero-order chi connectivity index (χ0) is 19.8. The molecule has 10 heteroatoms. The standard InChI is InChI=1S/C18H14N6O4/c1-23-15(13(9-19-23)18(27)28)17(26)20-11-5-6-24-14(8-11)21-16(22-24)10-3-2-4-12(25)7-10/h2-9,25H,1H3,(H,20,26)(H,27,28). The molecule has 0 radical (unpaired) electrons. The van der Waals surface area contributed by atoms with Gasteiger partial charge in [-0.3, -0.25) is 9.48 Å². The van der Waals surface area contributed by atoms with E-state index in [1.165, 1.54) is 16.2 Å². The number of nitrogens with zero attached hydrogens (tertiary/aromatic N) is 5. The van der Waals surface area contributed by atoms with Gasteiger partial charge in [0.05, 0.1) is 6.20 Å². The summed E-state index contributed by atoms with van der Waals surface area (Å²) >= 11 is 0. The van der Waals surface area contributed by atoms with Gasteiger partial charge in [-0.05, 0) is 18.2 Å². The van der Waals surface area contributed by atoms with Gasteiger partial charge >= 0.3 is 5.97 Å². The number of fused-ring (bicyclic) bond motifs is 1. The molecule has 0 bridgehead atoms. The molecule has 4 aromatic rings. The second-order valence-electron chi connectivity index (χ2n) is 5.99. The van der Waals surface area contributed by atoms with E-state index in [9.17, 15) is 19.8 Å². The first-order valence-electron chi connectivity index (χ1n) is 8.15. The highest BCUT2D eigenvalue weighted by atomic mass is 16.4. The fraction of sp³-hybridized carbons (Fsp3) is 0.0556. The van der Waals surface area contributed by atoms with E-state index < -0.39 is 11.9 Å². The number of carboxylic acids is 1. The fourth-order valence-corrected chi connectivity index (χ4v) is 2.78. The molecule has 140 valence electrons. The van der Waals surface area contributed by atoms with E-state index in [1.54, 1.807) is 42.6 Å². The predicted octanol–water partition coefficient (Wildman–Crippen LogP) is 1.79. The van der Waals surface area contributed by atoms with Crippen LogP contribution in [0.4, 0.5) is 5.69 Å². The first kappa shape index (κ1) is 17.2. The number of aromatic nitrogens is 5. The lowest BCUT2D eigenvalue weighted by atomic mass is 10.2. The number of rotatable bonds is 4. The van der Waals surface area contributed by atoms with Crippen molar-refractivity contribution in [3.05, 3.63) is 60.0 Å². The Morgan fingerprint density at radius 2 is 2.00 bits per heavy atom. The number of benzene rings is 1. The Balaban J connectivity index is 1.64. The molecular weight excluding hydrogens is 364 g/mol. The second kappa shape index (κ2) is 6.50. The predicted molar refractivity (Wildman–Crippen MR) is 98.2 cm³/mol. The van der Waals surface area contributed by atoms with Crippen LogP contribution >= 0.6 is 0 Å². The molecule has 0 aliphatic heterocycles. The van der Waals surface area contributed by atoms with Crippen molar-refractivity contribution in [2.24, 2.45) is 7.05 Å². The van der Waals surface area contributed by atoms with Gasteiger partial charge in [0.1, 0.15) is 17.0 Å². The summed E-state index contributed by atoms with van der Waals surface area (Å²) < 4.78 is 2.73. The number of carboxylic acid groups (broad SMARTS) is 1. The number of phenols is 1. The summed E-state index contributed by atoms with van der Waals surface area (Å²) in [4.78, 5) is 28.2. The smallest absolute Gasteiger partial charge is 0.339 e. The molecule has 10 nitrogen and oxygen atoms in total. The first-order valence-corrected chi connectivity index (χ1v) is 8.15. The minimum absolute atomic E-state index is 0.0608. The lowest BCUT2D eigenvalue weighted by Gasteiger charge is -2.06. The highest BCUT2D eigenvalue weighted by molar-refractivity contribution is 6.09. The highest BCUT2D eigenvalue weighted by Gasteiger charge is 2.22. The minimum atomic E-state index is -1.23. The van der Waals surface area contributed by atoms with Crippen LogP contribution in [0.2, 0.25) is 0 Å². The molecule has 1 amide bonds. The maximum atomic E-state index is 12.5. The molecule has 3 aromatic heterocycles. The highest BCUT2D eigenvalue weighted by Crippen LogP contribution is 2.22. The Kier molecular flexibility index (Phi) is 4.00. The van der Waals surface area contributed by atoms with Gasteiger partial charge in [0.15, 0.2) is 11.5 Å². The Labute approximate surface area is 157 Å². The van der Waals surface area contributed by atoms with E-state index in [1.807, 2.05) is 0 Å². The lowest BCUT2D eigenvalue weighted by molar-refractivity contribution is 0.0692. The average Bonchev–Trinajstić information content (AvgIpc) is 3.25. The summed E-state index contributed by atoms with van der Waals surface area (Å²) in [6, 6.07) is 9.78. The van der Waals surface area contributed by atoms with Crippen molar-refractivity contribution in [1.82, 2.24) is 24.4 Å². The van der Waals surface area contributed by atoms with E-state index in [0.717, 1.165) is 6.20 Å². The van der Waals surface area contributed by atoms with Crippen molar-refractivity contribution in [3.63, 3.8) is 0 Å². The summed E-state index contributed by atoms with van der Waals surface area (Å²) in [5.74, 6) is -1.31. The molecular formula is C18H14N6O4. The van der Waals surface area contributed by atoms with Gasteiger partial charge < -0.3 is 15.5 Å². The number of carbonyl (C=O) groups is 2. The summed E-state index contributed by atoms with van der Waals surface area (Å²) in [5, 5.41) is 29.6. The van der Waals surface area contributed by atoms with Crippen molar-refractivity contribution < 1.29 is 19.8 Å².